The molecule has 0 unspecified atom stereocenters. The minimum Gasteiger partial charge on any atom is -0.455 e. The van der Waals surface area contributed by atoms with Gasteiger partial charge in [0, 0.05) is 51.2 Å². The Balaban J connectivity index is 1.24. The highest BCUT2D eigenvalue weighted by molar-refractivity contribution is 6.09. The summed E-state index contributed by atoms with van der Waals surface area (Å²) in [6.07, 6.45) is 0. The second-order valence-corrected chi connectivity index (χ2v) is 11.0. The van der Waals surface area contributed by atoms with Gasteiger partial charge in [0.05, 0.1) is 5.56 Å². The van der Waals surface area contributed by atoms with E-state index in [9.17, 15) is 0 Å². The molecule has 0 saturated carbocycles. The summed E-state index contributed by atoms with van der Waals surface area (Å²) < 4.78 is 6.38. The molecule has 44 heavy (non-hydrogen) atoms. The molecule has 0 saturated heterocycles. The summed E-state index contributed by atoms with van der Waals surface area (Å²) in [5.41, 5.74) is 10.4. The second kappa shape index (κ2) is 9.83. The normalized spacial score (nSPS) is 12.5. The Bertz CT molecular complexity index is 2310. The van der Waals surface area contributed by atoms with Crippen LogP contribution in [0.2, 0.25) is 0 Å². The molecular formula is C39H25N4O+. The van der Waals surface area contributed by atoms with Crippen LogP contribution in [0.3, 0.4) is 0 Å². The van der Waals surface area contributed by atoms with Crippen LogP contribution in [0.4, 0.5) is 17.1 Å². The van der Waals surface area contributed by atoms with E-state index in [1.54, 1.807) is 0 Å². The topological polar surface area (TPSA) is 56.2 Å². The van der Waals surface area contributed by atoms with Gasteiger partial charge in [-0.2, -0.15) is 0 Å². The number of furan rings is 1. The molecule has 0 atom stereocenters. The van der Waals surface area contributed by atoms with Crippen LogP contribution in [0, 0.1) is 0 Å². The van der Waals surface area contributed by atoms with Crippen LogP contribution in [0.25, 0.3) is 67.2 Å². The average molecular weight is 566 g/mol. The summed E-state index contributed by atoms with van der Waals surface area (Å²) in [5.74, 6) is 1.81. The minimum absolute atomic E-state index is 0.577. The van der Waals surface area contributed by atoms with Crippen LogP contribution in [-0.2, 0) is 0 Å². The predicted octanol–water partition coefficient (Wildman–Crippen LogP) is 8.93. The van der Waals surface area contributed by atoms with E-state index in [1.807, 2.05) is 60.7 Å². The number of fused-ring (bicyclic) bond motifs is 6. The molecule has 1 N–H and O–H groups in total. The molecule has 0 amide bonds. The number of quaternary nitrogens is 1. The molecule has 3 heterocycles. The lowest BCUT2D eigenvalue weighted by Gasteiger charge is -2.15. The van der Waals surface area contributed by atoms with Crippen LogP contribution in [0.15, 0.2) is 150 Å². The standard InChI is InChI=1S/C39H24N4O/c1-2-12-25(13-3-1)37-40-38(42-39(41-37)32-20-11-19-31-30-18-6-9-23-35(30)44-36(31)32)26-14-10-15-27(24-26)43-33-21-7-4-16-28(33)29-17-5-8-22-34(29)43/h1-24H/p+1. The van der Waals surface area contributed by atoms with E-state index in [0.29, 0.717) is 17.5 Å². The maximum atomic E-state index is 6.38. The molecule has 9 rings (SSSR count). The number of nitrogens with one attached hydrogen (secondary N) is 1. The molecule has 8 aromatic rings. The number of para-hydroxylation sites is 4. The van der Waals surface area contributed by atoms with Crippen molar-refractivity contribution in [2.45, 2.75) is 0 Å². The van der Waals surface area contributed by atoms with Crippen molar-refractivity contribution in [1.82, 2.24) is 15.0 Å². The van der Waals surface area contributed by atoms with Gasteiger partial charge < -0.3 is 4.42 Å². The molecule has 0 fully saturated rings. The maximum Gasteiger partial charge on any atom is 0.167 e. The van der Waals surface area contributed by atoms with Gasteiger partial charge in [-0.3, -0.25) is 0 Å². The highest BCUT2D eigenvalue weighted by Crippen LogP contribution is 2.39. The van der Waals surface area contributed by atoms with Crippen LogP contribution in [-0.4, -0.2) is 15.0 Å². The van der Waals surface area contributed by atoms with Gasteiger partial charge in [-0.05, 0) is 30.3 Å². The number of rotatable bonds is 4. The monoisotopic (exact) mass is 565 g/mol. The molecule has 6 aromatic carbocycles. The van der Waals surface area contributed by atoms with E-state index in [4.69, 9.17) is 19.4 Å². The van der Waals surface area contributed by atoms with Crippen LogP contribution >= 0.6 is 0 Å². The van der Waals surface area contributed by atoms with Crippen molar-refractivity contribution < 1.29 is 9.32 Å². The fraction of sp³-hybridized carbons (Fsp3) is 0. The van der Waals surface area contributed by atoms with Crippen molar-refractivity contribution in [2.24, 2.45) is 0 Å². The molecule has 0 spiro atoms. The van der Waals surface area contributed by atoms with E-state index in [2.05, 4.69) is 84.9 Å². The van der Waals surface area contributed by atoms with Gasteiger partial charge in [0.15, 0.2) is 17.5 Å². The van der Waals surface area contributed by atoms with Gasteiger partial charge >= 0.3 is 0 Å². The molecule has 1 aliphatic rings. The van der Waals surface area contributed by atoms with E-state index < -0.39 is 0 Å². The molecule has 1 aliphatic heterocycles. The molecule has 2 aromatic heterocycles. The molecule has 0 aliphatic carbocycles. The highest BCUT2D eigenvalue weighted by Gasteiger charge is 2.33. The van der Waals surface area contributed by atoms with Gasteiger partial charge in [-0.25, -0.2) is 19.9 Å². The number of hydrogen-bond donors (Lipinski definition) is 1. The van der Waals surface area contributed by atoms with Crippen molar-refractivity contribution in [1.29, 1.82) is 0 Å². The quantitative estimate of drug-likeness (QED) is 0.231. The number of hydrogen-bond acceptors (Lipinski definition) is 4. The molecule has 206 valence electrons. The first-order valence-electron chi connectivity index (χ1n) is 14.7. The molecule has 5 nitrogen and oxygen atoms in total. The maximum absolute atomic E-state index is 6.38. The Morgan fingerprint density at radius 1 is 0.432 bits per heavy atom. The second-order valence-electron chi connectivity index (χ2n) is 11.0. The third kappa shape index (κ3) is 3.87. The number of aromatic nitrogens is 3. The summed E-state index contributed by atoms with van der Waals surface area (Å²) >= 11 is 0. The van der Waals surface area contributed by atoms with Gasteiger partial charge in [0.25, 0.3) is 0 Å². The first kappa shape index (κ1) is 24.7. The van der Waals surface area contributed by atoms with Crippen LogP contribution in [0.1, 0.15) is 0 Å². The Morgan fingerprint density at radius 2 is 1.00 bits per heavy atom. The molecule has 0 radical (unpaired) electrons. The van der Waals surface area contributed by atoms with Crippen molar-refractivity contribution in [2.75, 3.05) is 0 Å². The summed E-state index contributed by atoms with van der Waals surface area (Å²) in [4.78, 5) is 16.3. The lowest BCUT2D eigenvalue weighted by molar-refractivity contribution is -0.677. The molecule has 0 bridgehead atoms. The molecule has 5 heteroatoms. The van der Waals surface area contributed by atoms with Crippen LogP contribution in [0.5, 0.6) is 0 Å². The summed E-state index contributed by atoms with van der Waals surface area (Å²) in [7, 11) is 0. The van der Waals surface area contributed by atoms with Crippen molar-refractivity contribution in [3.05, 3.63) is 146 Å². The Labute approximate surface area is 253 Å². The van der Waals surface area contributed by atoms with Crippen molar-refractivity contribution in [3.63, 3.8) is 0 Å². The lowest BCUT2D eigenvalue weighted by atomic mass is 10.1. The predicted molar refractivity (Wildman–Crippen MR) is 175 cm³/mol. The van der Waals surface area contributed by atoms with E-state index in [0.717, 1.165) is 44.3 Å². The molecular weight excluding hydrogens is 540 g/mol. The fourth-order valence-electron chi connectivity index (χ4n) is 6.41. The first-order chi connectivity index (χ1) is 21.8. The third-order valence-electron chi connectivity index (χ3n) is 8.41. The Hall–Kier alpha value is -5.91. The SMILES string of the molecule is c1ccc(-c2nc(-c3cccc([NH+]4c5ccccc5-c5ccccc54)c3)nc(-c3cccc4c3oc3ccccc34)n2)cc1. The van der Waals surface area contributed by atoms with Gasteiger partial charge in [0.2, 0.25) is 0 Å². The lowest BCUT2D eigenvalue weighted by Crippen LogP contribution is -2.95. The third-order valence-corrected chi connectivity index (χ3v) is 8.41. The van der Waals surface area contributed by atoms with E-state index >= 15 is 0 Å². The zero-order valence-corrected chi connectivity index (χ0v) is 23.6. The minimum atomic E-state index is 0.577. The average Bonchev–Trinajstić information content (AvgIpc) is 3.65. The largest absolute Gasteiger partial charge is 0.455 e. The Morgan fingerprint density at radius 3 is 1.80 bits per heavy atom. The fourth-order valence-corrected chi connectivity index (χ4v) is 6.41. The van der Waals surface area contributed by atoms with Crippen molar-refractivity contribution in [3.8, 4) is 45.3 Å². The Kier molecular flexibility index (Phi) is 5.51. The van der Waals surface area contributed by atoms with E-state index in [1.165, 1.54) is 27.4 Å². The highest BCUT2D eigenvalue weighted by atomic mass is 16.3. The zero-order valence-electron chi connectivity index (χ0n) is 23.6. The van der Waals surface area contributed by atoms with Gasteiger partial charge in [-0.15, -0.1) is 0 Å². The number of nitrogens with zero attached hydrogens (tertiary/aromatic N) is 3. The van der Waals surface area contributed by atoms with Crippen molar-refractivity contribution >= 4 is 39.0 Å². The van der Waals surface area contributed by atoms with E-state index in [-0.39, 0.29) is 0 Å². The van der Waals surface area contributed by atoms with Gasteiger partial charge in [-0.1, -0.05) is 97.1 Å². The smallest absolute Gasteiger partial charge is 0.167 e. The first-order valence-corrected chi connectivity index (χ1v) is 14.7. The summed E-state index contributed by atoms with van der Waals surface area (Å²) in [6.45, 7) is 0. The summed E-state index contributed by atoms with van der Waals surface area (Å²) in [6, 6.07) is 50.1. The van der Waals surface area contributed by atoms with Gasteiger partial charge in [0.1, 0.15) is 28.2 Å². The number of benzene rings is 6. The van der Waals surface area contributed by atoms with Crippen LogP contribution < -0.4 is 4.90 Å². The zero-order chi connectivity index (χ0) is 29.0. The summed E-state index contributed by atoms with van der Waals surface area (Å²) in [5, 5.41) is 2.11.